The second kappa shape index (κ2) is 10.8. The lowest BCUT2D eigenvalue weighted by Gasteiger charge is -2.49. The van der Waals surface area contributed by atoms with E-state index in [1.807, 2.05) is 0 Å². The van der Waals surface area contributed by atoms with Gasteiger partial charge in [0, 0.05) is 40.0 Å². The van der Waals surface area contributed by atoms with Gasteiger partial charge in [0.2, 0.25) is 5.91 Å². The Morgan fingerprint density at radius 3 is 2.19 bits per heavy atom. The number of esters is 2. The van der Waals surface area contributed by atoms with Crippen molar-refractivity contribution in [2.75, 3.05) is 6.61 Å². The van der Waals surface area contributed by atoms with E-state index in [9.17, 15) is 14.4 Å². The molecule has 0 unspecified atom stereocenters. The number of hydrogen-bond acceptors (Lipinski definition) is 6. The van der Waals surface area contributed by atoms with E-state index in [2.05, 4.69) is 26.1 Å². The standard InChI is InChI=1S/C24H41NO6/c1-16(26)25-24(15-29-17(2)27)13-20(31-22(14-24)23(4,5)6)12-21(30-18(3)28)19-10-8-7-9-11-19/h19-22H,7-15H2,1-6H3,(H,25,26)/t20-,21-,22-,24+/m1/s1. The smallest absolute Gasteiger partial charge is 0.302 e. The Labute approximate surface area is 186 Å². The monoisotopic (exact) mass is 439 g/mol. The quantitative estimate of drug-likeness (QED) is 0.605. The average molecular weight is 440 g/mol. The van der Waals surface area contributed by atoms with Gasteiger partial charge in [0.05, 0.1) is 17.7 Å². The van der Waals surface area contributed by atoms with Crippen LogP contribution in [0.4, 0.5) is 0 Å². The number of ether oxygens (including phenoxy) is 3. The summed E-state index contributed by atoms with van der Waals surface area (Å²) >= 11 is 0. The Morgan fingerprint density at radius 1 is 1.03 bits per heavy atom. The van der Waals surface area contributed by atoms with E-state index in [0.29, 0.717) is 25.2 Å². The second-order valence-corrected chi connectivity index (χ2v) is 10.5. The third kappa shape index (κ3) is 8.09. The van der Waals surface area contributed by atoms with Gasteiger partial charge in [0.25, 0.3) is 0 Å². The molecule has 2 rings (SSSR count). The summed E-state index contributed by atoms with van der Waals surface area (Å²) in [5.41, 5.74) is -0.869. The van der Waals surface area contributed by atoms with Gasteiger partial charge in [-0.15, -0.1) is 0 Å². The molecule has 0 radical (unpaired) electrons. The maximum absolute atomic E-state index is 12.1. The third-order valence-electron chi connectivity index (χ3n) is 6.50. The minimum Gasteiger partial charge on any atom is -0.463 e. The zero-order valence-electron chi connectivity index (χ0n) is 20.1. The number of rotatable bonds is 7. The molecule has 0 aromatic carbocycles. The minimum absolute atomic E-state index is 0.107. The molecule has 0 aromatic rings. The van der Waals surface area contributed by atoms with Crippen LogP contribution in [0.25, 0.3) is 0 Å². The first kappa shape index (κ1) is 25.6. The maximum atomic E-state index is 12.1. The van der Waals surface area contributed by atoms with Crippen molar-refractivity contribution in [1.82, 2.24) is 5.32 Å². The highest BCUT2D eigenvalue weighted by Crippen LogP contribution is 2.40. The van der Waals surface area contributed by atoms with Gasteiger partial charge in [-0.3, -0.25) is 14.4 Å². The summed E-state index contributed by atoms with van der Waals surface area (Å²) in [6.45, 7) is 10.7. The molecule has 1 aliphatic carbocycles. The Balaban J connectivity index is 2.28. The molecule has 178 valence electrons. The fourth-order valence-corrected chi connectivity index (χ4v) is 5.04. The van der Waals surface area contributed by atoms with E-state index in [4.69, 9.17) is 14.2 Å². The molecule has 1 amide bonds. The molecule has 1 saturated carbocycles. The van der Waals surface area contributed by atoms with Crippen molar-refractivity contribution in [2.24, 2.45) is 11.3 Å². The van der Waals surface area contributed by atoms with Crippen LogP contribution in [0.5, 0.6) is 0 Å². The van der Waals surface area contributed by atoms with Gasteiger partial charge < -0.3 is 19.5 Å². The molecule has 0 aromatic heterocycles. The highest BCUT2D eigenvalue weighted by atomic mass is 16.5. The Kier molecular flexibility index (Phi) is 8.92. The first-order valence-corrected chi connectivity index (χ1v) is 11.6. The van der Waals surface area contributed by atoms with Crippen molar-refractivity contribution in [1.29, 1.82) is 0 Å². The highest BCUT2D eigenvalue weighted by molar-refractivity contribution is 5.74. The Morgan fingerprint density at radius 2 is 1.68 bits per heavy atom. The highest BCUT2D eigenvalue weighted by Gasteiger charge is 2.47. The van der Waals surface area contributed by atoms with Crippen LogP contribution in [0, 0.1) is 11.3 Å². The molecule has 0 bridgehead atoms. The molecular weight excluding hydrogens is 398 g/mol. The molecule has 7 heteroatoms. The zero-order valence-corrected chi connectivity index (χ0v) is 20.1. The first-order valence-electron chi connectivity index (χ1n) is 11.6. The van der Waals surface area contributed by atoms with Crippen molar-refractivity contribution >= 4 is 17.8 Å². The maximum Gasteiger partial charge on any atom is 0.302 e. The molecule has 1 aliphatic heterocycles. The van der Waals surface area contributed by atoms with Crippen molar-refractivity contribution in [2.45, 2.75) is 117 Å². The van der Waals surface area contributed by atoms with E-state index >= 15 is 0 Å². The summed E-state index contributed by atoms with van der Waals surface area (Å²) in [7, 11) is 0. The van der Waals surface area contributed by atoms with Gasteiger partial charge in [0.1, 0.15) is 12.7 Å². The fraction of sp³-hybridized carbons (Fsp3) is 0.875. The molecule has 2 aliphatic rings. The van der Waals surface area contributed by atoms with Gasteiger partial charge in [-0.05, 0) is 24.2 Å². The van der Waals surface area contributed by atoms with Crippen LogP contribution in [0.1, 0.15) is 92.9 Å². The van der Waals surface area contributed by atoms with Gasteiger partial charge in [-0.2, -0.15) is 0 Å². The molecule has 7 nitrogen and oxygen atoms in total. The summed E-state index contributed by atoms with van der Waals surface area (Å²) in [6.07, 6.45) is 6.73. The lowest BCUT2D eigenvalue weighted by molar-refractivity contribution is -0.171. The van der Waals surface area contributed by atoms with Crippen molar-refractivity contribution in [3.05, 3.63) is 0 Å². The first-order chi connectivity index (χ1) is 14.4. The van der Waals surface area contributed by atoms with Gasteiger partial charge >= 0.3 is 11.9 Å². The summed E-state index contributed by atoms with van der Waals surface area (Å²) < 4.78 is 17.7. The summed E-state index contributed by atoms with van der Waals surface area (Å²) in [6, 6.07) is 0. The number of carbonyl (C=O) groups excluding carboxylic acids is 3. The molecule has 2 fully saturated rings. The SMILES string of the molecule is CC(=O)N[C@@]1(COC(C)=O)C[C@@H](C[C@@H](OC(C)=O)C2CCCCC2)O[C@@H](C(C)(C)C)C1. The van der Waals surface area contributed by atoms with E-state index in [1.165, 1.54) is 27.2 Å². The van der Waals surface area contributed by atoms with Crippen molar-refractivity contribution in [3.8, 4) is 0 Å². The van der Waals surface area contributed by atoms with Crippen LogP contribution in [0.2, 0.25) is 0 Å². The summed E-state index contributed by atoms with van der Waals surface area (Å²) in [4.78, 5) is 35.5. The minimum atomic E-state index is -0.703. The van der Waals surface area contributed by atoms with Crippen LogP contribution in [0.15, 0.2) is 0 Å². The number of nitrogens with one attached hydrogen (secondary N) is 1. The zero-order chi connectivity index (χ0) is 23.2. The Hall–Kier alpha value is -1.63. The lowest BCUT2D eigenvalue weighted by Crippen LogP contribution is -2.61. The molecule has 31 heavy (non-hydrogen) atoms. The molecule has 1 saturated heterocycles. The van der Waals surface area contributed by atoms with Crippen LogP contribution in [-0.2, 0) is 28.6 Å². The lowest BCUT2D eigenvalue weighted by atomic mass is 9.74. The fourth-order valence-electron chi connectivity index (χ4n) is 5.04. The van der Waals surface area contributed by atoms with Crippen LogP contribution in [-0.4, -0.2) is 48.3 Å². The van der Waals surface area contributed by atoms with E-state index in [0.717, 1.165) is 25.7 Å². The second-order valence-electron chi connectivity index (χ2n) is 10.5. The van der Waals surface area contributed by atoms with Crippen LogP contribution in [0.3, 0.4) is 0 Å². The molecular formula is C24H41NO6. The van der Waals surface area contributed by atoms with Crippen LogP contribution < -0.4 is 5.32 Å². The normalized spacial score (nSPS) is 28.5. The molecule has 1 N–H and O–H groups in total. The number of amides is 1. The number of hydrogen-bond donors (Lipinski definition) is 1. The van der Waals surface area contributed by atoms with Gasteiger partial charge in [-0.25, -0.2) is 0 Å². The number of carbonyl (C=O) groups is 3. The van der Waals surface area contributed by atoms with E-state index in [1.54, 1.807) is 0 Å². The molecule has 0 spiro atoms. The van der Waals surface area contributed by atoms with Crippen molar-refractivity contribution in [3.63, 3.8) is 0 Å². The molecule has 1 heterocycles. The van der Waals surface area contributed by atoms with Crippen molar-refractivity contribution < 1.29 is 28.6 Å². The Bertz CT molecular complexity index is 636. The van der Waals surface area contributed by atoms with E-state index < -0.39 is 5.54 Å². The predicted octanol–water partition coefficient (Wildman–Crippen LogP) is 3.92. The van der Waals surface area contributed by atoms with Crippen LogP contribution >= 0.6 is 0 Å². The van der Waals surface area contributed by atoms with E-state index in [-0.39, 0.29) is 48.2 Å². The predicted molar refractivity (Wildman–Crippen MR) is 117 cm³/mol. The largest absolute Gasteiger partial charge is 0.463 e. The third-order valence-corrected chi connectivity index (χ3v) is 6.50. The van der Waals surface area contributed by atoms with Gasteiger partial charge in [-0.1, -0.05) is 40.0 Å². The average Bonchev–Trinajstić information content (AvgIpc) is 2.65. The topological polar surface area (TPSA) is 90.9 Å². The summed E-state index contributed by atoms with van der Waals surface area (Å²) in [5, 5.41) is 3.07. The molecule has 4 atom stereocenters. The summed E-state index contributed by atoms with van der Waals surface area (Å²) in [5.74, 6) is -0.476. The van der Waals surface area contributed by atoms with Gasteiger partial charge in [0.15, 0.2) is 0 Å².